The highest BCUT2D eigenvalue weighted by Crippen LogP contribution is 2.32. The van der Waals surface area contributed by atoms with Crippen LogP contribution in [0.5, 0.6) is 0 Å². The third-order valence-corrected chi connectivity index (χ3v) is 3.78. The first-order chi connectivity index (χ1) is 10.7. The smallest absolute Gasteiger partial charge is 0.244 e. The Hall–Kier alpha value is -2.21. The van der Waals surface area contributed by atoms with Gasteiger partial charge in [-0.15, -0.1) is 5.10 Å². The standard InChI is InChI=1S/C16H22N6/c1-21(2)10-5-9-17-16-19-15(12-18-20-16)22-11-8-13-6-3-4-7-14(13)22/h3-4,6-7,12H,5,8-11H2,1-2H3,(H,17,19,20). The van der Waals surface area contributed by atoms with Crippen LogP contribution in [0.25, 0.3) is 0 Å². The minimum atomic E-state index is 0.598. The lowest BCUT2D eigenvalue weighted by Crippen LogP contribution is -2.19. The molecule has 1 aromatic carbocycles. The second-order valence-corrected chi connectivity index (χ2v) is 5.75. The van der Waals surface area contributed by atoms with Crippen LogP contribution >= 0.6 is 0 Å². The lowest BCUT2D eigenvalue weighted by Gasteiger charge is -2.18. The van der Waals surface area contributed by atoms with E-state index in [1.165, 1.54) is 11.3 Å². The van der Waals surface area contributed by atoms with Crippen LogP contribution in [-0.2, 0) is 6.42 Å². The number of fused-ring (bicyclic) bond motifs is 1. The second-order valence-electron chi connectivity index (χ2n) is 5.75. The van der Waals surface area contributed by atoms with Crippen LogP contribution in [0.15, 0.2) is 30.5 Å². The number of anilines is 3. The van der Waals surface area contributed by atoms with E-state index in [-0.39, 0.29) is 0 Å². The van der Waals surface area contributed by atoms with Crippen LogP contribution < -0.4 is 10.2 Å². The van der Waals surface area contributed by atoms with Gasteiger partial charge in [0.15, 0.2) is 5.82 Å². The second kappa shape index (κ2) is 6.70. The molecule has 0 bridgehead atoms. The first-order valence-corrected chi connectivity index (χ1v) is 7.68. The zero-order valence-corrected chi connectivity index (χ0v) is 13.2. The Kier molecular flexibility index (Phi) is 4.48. The molecular formula is C16H22N6. The summed E-state index contributed by atoms with van der Waals surface area (Å²) in [4.78, 5) is 8.97. The van der Waals surface area contributed by atoms with E-state index < -0.39 is 0 Å². The summed E-state index contributed by atoms with van der Waals surface area (Å²) in [6.07, 6.45) is 3.83. The normalized spacial score (nSPS) is 13.5. The van der Waals surface area contributed by atoms with Gasteiger partial charge in [0.25, 0.3) is 0 Å². The van der Waals surface area contributed by atoms with E-state index in [4.69, 9.17) is 0 Å². The number of nitrogens with one attached hydrogen (secondary N) is 1. The van der Waals surface area contributed by atoms with Gasteiger partial charge in [0, 0.05) is 18.8 Å². The van der Waals surface area contributed by atoms with E-state index >= 15 is 0 Å². The topological polar surface area (TPSA) is 57.2 Å². The van der Waals surface area contributed by atoms with Gasteiger partial charge in [0.2, 0.25) is 5.95 Å². The number of aromatic nitrogens is 3. The van der Waals surface area contributed by atoms with Crippen molar-refractivity contribution in [1.82, 2.24) is 20.1 Å². The molecule has 6 heteroatoms. The fourth-order valence-corrected chi connectivity index (χ4v) is 2.67. The van der Waals surface area contributed by atoms with Crippen LogP contribution in [0.1, 0.15) is 12.0 Å². The molecule has 116 valence electrons. The molecule has 1 N–H and O–H groups in total. The Labute approximate surface area is 131 Å². The fourth-order valence-electron chi connectivity index (χ4n) is 2.67. The average Bonchev–Trinajstić information content (AvgIpc) is 2.96. The molecule has 6 nitrogen and oxygen atoms in total. The highest BCUT2D eigenvalue weighted by atomic mass is 15.3. The molecule has 0 fully saturated rings. The van der Waals surface area contributed by atoms with E-state index in [1.54, 1.807) is 6.20 Å². The van der Waals surface area contributed by atoms with Gasteiger partial charge < -0.3 is 15.1 Å². The summed E-state index contributed by atoms with van der Waals surface area (Å²) in [7, 11) is 4.15. The highest BCUT2D eigenvalue weighted by Gasteiger charge is 2.21. The van der Waals surface area contributed by atoms with Crippen molar-refractivity contribution in [3.05, 3.63) is 36.0 Å². The Morgan fingerprint density at radius 3 is 3.00 bits per heavy atom. The van der Waals surface area contributed by atoms with Crippen molar-refractivity contribution in [3.8, 4) is 0 Å². The molecule has 2 heterocycles. The van der Waals surface area contributed by atoms with E-state index in [0.29, 0.717) is 5.95 Å². The van der Waals surface area contributed by atoms with Crippen LogP contribution in [-0.4, -0.2) is 53.8 Å². The third kappa shape index (κ3) is 3.33. The first kappa shape index (κ1) is 14.7. The Balaban J connectivity index is 1.67. The largest absolute Gasteiger partial charge is 0.353 e. The van der Waals surface area contributed by atoms with Crippen molar-refractivity contribution in [3.63, 3.8) is 0 Å². The molecule has 0 saturated heterocycles. The predicted molar refractivity (Wildman–Crippen MR) is 88.6 cm³/mol. The molecule has 0 unspecified atom stereocenters. The lowest BCUT2D eigenvalue weighted by atomic mass is 10.2. The number of hydrogen-bond donors (Lipinski definition) is 1. The molecular weight excluding hydrogens is 276 g/mol. The van der Waals surface area contributed by atoms with Gasteiger partial charge in [-0.05, 0) is 45.1 Å². The predicted octanol–water partition coefficient (Wildman–Crippen LogP) is 1.93. The van der Waals surface area contributed by atoms with Gasteiger partial charge in [-0.2, -0.15) is 10.1 Å². The van der Waals surface area contributed by atoms with Crippen molar-refractivity contribution in [2.45, 2.75) is 12.8 Å². The molecule has 0 aliphatic carbocycles. The number of benzene rings is 1. The summed E-state index contributed by atoms with van der Waals surface area (Å²) in [6, 6.07) is 8.45. The molecule has 3 rings (SSSR count). The van der Waals surface area contributed by atoms with E-state index in [1.807, 2.05) is 0 Å². The maximum Gasteiger partial charge on any atom is 0.244 e. The number of hydrogen-bond acceptors (Lipinski definition) is 6. The summed E-state index contributed by atoms with van der Waals surface area (Å²) in [5.41, 5.74) is 2.59. The molecule has 1 aromatic heterocycles. The Morgan fingerprint density at radius 1 is 1.27 bits per heavy atom. The van der Waals surface area contributed by atoms with E-state index in [2.05, 4.69) is 68.7 Å². The minimum Gasteiger partial charge on any atom is -0.353 e. The summed E-state index contributed by atoms with van der Waals surface area (Å²) in [5.74, 6) is 1.45. The van der Waals surface area contributed by atoms with Crippen molar-refractivity contribution in [2.24, 2.45) is 0 Å². The zero-order valence-electron chi connectivity index (χ0n) is 13.2. The fraction of sp³-hybridized carbons (Fsp3) is 0.438. The number of rotatable bonds is 6. The molecule has 0 amide bonds. The summed E-state index contributed by atoms with van der Waals surface area (Å²) in [6.45, 7) is 2.83. The van der Waals surface area contributed by atoms with E-state index in [0.717, 1.165) is 38.3 Å². The Morgan fingerprint density at radius 2 is 2.14 bits per heavy atom. The summed E-state index contributed by atoms with van der Waals surface area (Å²) < 4.78 is 0. The molecule has 0 radical (unpaired) electrons. The SMILES string of the molecule is CN(C)CCCNc1nncc(N2CCc3ccccc32)n1. The molecule has 0 saturated carbocycles. The maximum atomic E-state index is 4.60. The van der Waals surface area contributed by atoms with Crippen molar-refractivity contribution < 1.29 is 0 Å². The van der Waals surface area contributed by atoms with Crippen LogP contribution in [0, 0.1) is 0 Å². The molecule has 22 heavy (non-hydrogen) atoms. The highest BCUT2D eigenvalue weighted by molar-refractivity contribution is 5.67. The van der Waals surface area contributed by atoms with Crippen LogP contribution in [0.4, 0.5) is 17.5 Å². The monoisotopic (exact) mass is 298 g/mol. The van der Waals surface area contributed by atoms with Gasteiger partial charge in [0.05, 0.1) is 6.20 Å². The first-order valence-electron chi connectivity index (χ1n) is 7.68. The molecule has 1 aliphatic rings. The molecule has 2 aromatic rings. The summed E-state index contributed by atoms with van der Waals surface area (Å²) in [5, 5.41) is 11.4. The maximum absolute atomic E-state index is 4.60. The van der Waals surface area contributed by atoms with Crippen molar-refractivity contribution in [1.29, 1.82) is 0 Å². The van der Waals surface area contributed by atoms with Gasteiger partial charge >= 0.3 is 0 Å². The number of para-hydroxylation sites is 1. The van der Waals surface area contributed by atoms with Crippen LogP contribution in [0.2, 0.25) is 0 Å². The lowest BCUT2D eigenvalue weighted by molar-refractivity contribution is 0.405. The van der Waals surface area contributed by atoms with Gasteiger partial charge in [0.1, 0.15) is 0 Å². The van der Waals surface area contributed by atoms with Gasteiger partial charge in [-0.3, -0.25) is 0 Å². The third-order valence-electron chi connectivity index (χ3n) is 3.78. The minimum absolute atomic E-state index is 0.598. The number of nitrogens with zero attached hydrogens (tertiary/aromatic N) is 5. The average molecular weight is 298 g/mol. The van der Waals surface area contributed by atoms with Gasteiger partial charge in [-0.25, -0.2) is 0 Å². The van der Waals surface area contributed by atoms with Crippen molar-refractivity contribution >= 4 is 17.5 Å². The summed E-state index contributed by atoms with van der Waals surface area (Å²) >= 11 is 0. The zero-order chi connectivity index (χ0) is 15.4. The molecule has 1 aliphatic heterocycles. The quantitative estimate of drug-likeness (QED) is 0.822. The molecule has 0 atom stereocenters. The molecule has 0 spiro atoms. The van der Waals surface area contributed by atoms with E-state index in [9.17, 15) is 0 Å². The van der Waals surface area contributed by atoms with Gasteiger partial charge in [-0.1, -0.05) is 18.2 Å². The van der Waals surface area contributed by atoms with Crippen molar-refractivity contribution in [2.75, 3.05) is 43.9 Å². The van der Waals surface area contributed by atoms with Crippen LogP contribution in [0.3, 0.4) is 0 Å². The Bertz CT molecular complexity index is 628.